The first-order valence-corrected chi connectivity index (χ1v) is 14.7. The second-order valence-corrected chi connectivity index (χ2v) is 12.8. The lowest BCUT2D eigenvalue weighted by molar-refractivity contribution is -0.123. The highest BCUT2D eigenvalue weighted by Gasteiger charge is 2.36. The van der Waals surface area contributed by atoms with Gasteiger partial charge in [0.25, 0.3) is 0 Å². The van der Waals surface area contributed by atoms with Crippen molar-refractivity contribution in [1.82, 2.24) is 9.29 Å². The number of fused-ring (bicyclic) bond motifs is 1. The fourth-order valence-electron chi connectivity index (χ4n) is 4.86. The Kier molecular flexibility index (Phi) is 7.52. The molecule has 0 N–H and O–H groups in total. The van der Waals surface area contributed by atoms with Crippen LogP contribution in [0.3, 0.4) is 0 Å². The highest BCUT2D eigenvalue weighted by molar-refractivity contribution is 7.89. The molecule has 12 heteroatoms. The van der Waals surface area contributed by atoms with Crippen LogP contribution >= 0.6 is 22.9 Å². The number of aromatic nitrogens is 1. The Bertz CT molecular complexity index is 1440. The topological polar surface area (TPSA) is 79.8 Å². The van der Waals surface area contributed by atoms with Gasteiger partial charge in [-0.05, 0) is 68.5 Å². The molecule has 0 saturated carbocycles. The first kappa shape index (κ1) is 26.4. The van der Waals surface area contributed by atoms with Crippen LogP contribution in [0.25, 0.3) is 10.2 Å². The van der Waals surface area contributed by atoms with E-state index < -0.39 is 27.6 Å². The van der Waals surface area contributed by atoms with E-state index in [-0.39, 0.29) is 30.0 Å². The highest BCUT2D eigenvalue weighted by Crippen LogP contribution is 2.35. The number of carbonyl (C=O) groups is 1. The quantitative estimate of drug-likeness (QED) is 0.410. The molecule has 2 aromatic carbocycles. The van der Waals surface area contributed by atoms with Crippen LogP contribution in [0.1, 0.15) is 31.2 Å². The molecule has 2 aliphatic heterocycles. The molecular formula is C25H26ClF2N3O4S2. The van der Waals surface area contributed by atoms with Crippen molar-refractivity contribution in [3.8, 4) is 0 Å². The van der Waals surface area contributed by atoms with Gasteiger partial charge in [0.15, 0.2) is 16.8 Å². The van der Waals surface area contributed by atoms with Crippen LogP contribution in [0, 0.1) is 24.5 Å². The molecule has 2 saturated heterocycles. The number of nitrogens with zero attached hydrogens (tertiary/aromatic N) is 3. The Labute approximate surface area is 223 Å². The number of carbonyl (C=O) groups excluding carboxylic acids is 1. The summed E-state index contributed by atoms with van der Waals surface area (Å²) in [4.78, 5) is 19.9. The number of thiazole rings is 1. The van der Waals surface area contributed by atoms with Crippen LogP contribution in [0.5, 0.6) is 0 Å². The van der Waals surface area contributed by atoms with Crippen molar-refractivity contribution in [3.63, 3.8) is 0 Å². The Morgan fingerprint density at radius 3 is 2.62 bits per heavy atom. The van der Waals surface area contributed by atoms with Gasteiger partial charge in [-0.25, -0.2) is 22.2 Å². The Morgan fingerprint density at radius 1 is 1.19 bits per heavy atom. The third-order valence-corrected chi connectivity index (χ3v) is 10.0. The highest BCUT2D eigenvalue weighted by atomic mass is 35.5. The van der Waals surface area contributed by atoms with Crippen molar-refractivity contribution < 1.29 is 26.7 Å². The fourth-order valence-corrected chi connectivity index (χ4v) is 7.78. The van der Waals surface area contributed by atoms with Gasteiger partial charge < -0.3 is 4.74 Å². The van der Waals surface area contributed by atoms with Crippen molar-refractivity contribution in [3.05, 3.63) is 52.6 Å². The second kappa shape index (κ2) is 10.5. The molecular weight excluding hydrogens is 544 g/mol. The molecule has 2 fully saturated rings. The second-order valence-electron chi connectivity index (χ2n) is 9.40. The molecule has 3 aromatic rings. The molecule has 0 spiro atoms. The molecule has 7 nitrogen and oxygen atoms in total. The Balaban J connectivity index is 1.35. The van der Waals surface area contributed by atoms with Gasteiger partial charge in [0.1, 0.15) is 0 Å². The van der Waals surface area contributed by atoms with E-state index >= 15 is 0 Å². The summed E-state index contributed by atoms with van der Waals surface area (Å²) in [7, 11) is -4.01. The number of rotatable bonds is 6. The van der Waals surface area contributed by atoms with E-state index in [1.54, 1.807) is 4.90 Å². The normalized spacial score (nSPS) is 19.5. The molecule has 1 atom stereocenters. The summed E-state index contributed by atoms with van der Waals surface area (Å²) < 4.78 is 60.8. The molecule has 0 radical (unpaired) electrons. The Morgan fingerprint density at radius 2 is 1.95 bits per heavy atom. The van der Waals surface area contributed by atoms with Crippen molar-refractivity contribution in [2.75, 3.05) is 31.1 Å². The molecule has 198 valence electrons. The lowest BCUT2D eigenvalue weighted by atomic mass is 9.96. The van der Waals surface area contributed by atoms with E-state index in [0.29, 0.717) is 42.2 Å². The monoisotopic (exact) mass is 569 g/mol. The van der Waals surface area contributed by atoms with Crippen LogP contribution < -0.4 is 4.90 Å². The van der Waals surface area contributed by atoms with Crippen LogP contribution in [-0.2, 0) is 19.6 Å². The predicted molar refractivity (Wildman–Crippen MR) is 139 cm³/mol. The van der Waals surface area contributed by atoms with E-state index in [1.165, 1.54) is 15.6 Å². The van der Waals surface area contributed by atoms with E-state index in [2.05, 4.69) is 0 Å². The van der Waals surface area contributed by atoms with E-state index in [0.717, 1.165) is 40.8 Å². The number of anilines is 1. The fraction of sp³-hybridized carbons (Fsp3) is 0.440. The van der Waals surface area contributed by atoms with Crippen molar-refractivity contribution in [1.29, 1.82) is 0 Å². The summed E-state index contributed by atoms with van der Waals surface area (Å²) in [5.74, 6) is -2.86. The van der Waals surface area contributed by atoms with Crippen LogP contribution in [0.15, 0.2) is 35.2 Å². The van der Waals surface area contributed by atoms with Gasteiger partial charge in [0.2, 0.25) is 15.9 Å². The number of sulfonamides is 1. The van der Waals surface area contributed by atoms with Crippen LogP contribution in [-0.4, -0.2) is 56.0 Å². The molecule has 1 unspecified atom stereocenters. The molecule has 37 heavy (non-hydrogen) atoms. The number of piperidine rings is 1. The third-order valence-electron chi connectivity index (χ3n) is 6.88. The van der Waals surface area contributed by atoms with Crippen molar-refractivity contribution in [2.45, 2.75) is 43.6 Å². The zero-order valence-corrected chi connectivity index (χ0v) is 22.5. The summed E-state index contributed by atoms with van der Waals surface area (Å²) in [6.07, 6.45) is 2.31. The van der Waals surface area contributed by atoms with Gasteiger partial charge in [0.05, 0.1) is 27.8 Å². The van der Waals surface area contributed by atoms with Gasteiger partial charge in [-0.2, -0.15) is 4.31 Å². The molecule has 3 heterocycles. The summed E-state index contributed by atoms with van der Waals surface area (Å²) in [5, 5.41) is 1.17. The maximum absolute atomic E-state index is 13.8. The third kappa shape index (κ3) is 5.37. The largest absolute Gasteiger partial charge is 0.376 e. The lowest BCUT2D eigenvalue weighted by Gasteiger charge is -2.33. The van der Waals surface area contributed by atoms with E-state index in [1.807, 2.05) is 19.1 Å². The number of aryl methyl sites for hydroxylation is 1. The van der Waals surface area contributed by atoms with Crippen LogP contribution in [0.4, 0.5) is 13.9 Å². The Hall–Kier alpha value is -2.18. The van der Waals surface area contributed by atoms with Gasteiger partial charge in [-0.3, -0.25) is 9.69 Å². The number of ether oxygens (including phenoxy) is 1. The van der Waals surface area contributed by atoms with Crippen molar-refractivity contribution >= 4 is 54.2 Å². The predicted octanol–water partition coefficient (Wildman–Crippen LogP) is 5.15. The van der Waals surface area contributed by atoms with E-state index in [9.17, 15) is 22.0 Å². The zero-order valence-electron chi connectivity index (χ0n) is 20.1. The minimum Gasteiger partial charge on any atom is -0.376 e. The maximum Gasteiger partial charge on any atom is 0.243 e. The number of benzene rings is 2. The van der Waals surface area contributed by atoms with Crippen LogP contribution in [0.2, 0.25) is 5.02 Å². The van der Waals surface area contributed by atoms with Gasteiger partial charge in [-0.15, -0.1) is 0 Å². The number of hydrogen-bond donors (Lipinski definition) is 0. The molecule has 1 aromatic heterocycles. The first-order chi connectivity index (χ1) is 17.6. The average molecular weight is 570 g/mol. The molecule has 1 amide bonds. The average Bonchev–Trinajstić information content (AvgIpc) is 3.54. The smallest absolute Gasteiger partial charge is 0.243 e. The molecule has 0 aliphatic carbocycles. The minimum absolute atomic E-state index is 0.0884. The standard InChI is InChI=1S/C25H26ClF2N3O4S2/c1-15-11-17(26)12-22-23(15)29-25(36-22)31(14-18-3-2-10-35-18)24(32)16-6-8-30(9-7-16)37(33,34)19-4-5-20(27)21(28)13-19/h4-5,11-13,16,18H,2-3,6-10,14H2,1H3. The first-order valence-electron chi connectivity index (χ1n) is 12.1. The van der Waals surface area contributed by atoms with E-state index in [4.69, 9.17) is 21.3 Å². The number of hydrogen-bond acceptors (Lipinski definition) is 6. The summed E-state index contributed by atoms with van der Waals surface area (Å²) >= 11 is 7.63. The number of amides is 1. The number of halogens is 3. The maximum atomic E-state index is 13.8. The molecule has 0 bridgehead atoms. The van der Waals surface area contributed by atoms with Gasteiger partial charge >= 0.3 is 0 Å². The zero-order chi connectivity index (χ0) is 26.3. The lowest BCUT2D eigenvalue weighted by Crippen LogP contribution is -2.46. The van der Waals surface area contributed by atoms with Gasteiger partial charge in [0, 0.05) is 30.6 Å². The molecule has 2 aliphatic rings. The molecule has 5 rings (SSSR count). The van der Waals surface area contributed by atoms with Crippen molar-refractivity contribution in [2.24, 2.45) is 5.92 Å². The SMILES string of the molecule is Cc1cc(Cl)cc2sc(N(CC3CCCO3)C(=O)C3CCN(S(=O)(=O)c4ccc(F)c(F)c4)CC3)nc12. The minimum atomic E-state index is -4.01. The summed E-state index contributed by atoms with van der Waals surface area (Å²) in [6, 6.07) is 6.21. The summed E-state index contributed by atoms with van der Waals surface area (Å²) in [6.45, 7) is 3.15. The summed E-state index contributed by atoms with van der Waals surface area (Å²) in [5.41, 5.74) is 1.72. The van der Waals surface area contributed by atoms with Gasteiger partial charge in [-0.1, -0.05) is 22.9 Å².